The molecule has 0 unspecified atom stereocenters. The summed E-state index contributed by atoms with van der Waals surface area (Å²) in [6.45, 7) is 4.36. The second kappa shape index (κ2) is 3.96. The predicted octanol–water partition coefficient (Wildman–Crippen LogP) is 2.15. The zero-order valence-corrected chi connectivity index (χ0v) is 9.32. The summed E-state index contributed by atoms with van der Waals surface area (Å²) in [5, 5.41) is 0. The number of hydrogen-bond acceptors (Lipinski definition) is 3. The van der Waals surface area contributed by atoms with Crippen molar-refractivity contribution < 1.29 is 14.3 Å². The number of hydrogen-bond donors (Lipinski definition) is 0. The average molecular weight is 219 g/mol. The Morgan fingerprint density at radius 2 is 2.12 bits per heavy atom. The maximum atomic E-state index is 11.4. The molecule has 0 radical (unpaired) electrons. The maximum Gasteiger partial charge on any atom is 0.414 e. The molecule has 0 spiro atoms. The van der Waals surface area contributed by atoms with Gasteiger partial charge in [-0.3, -0.25) is 9.69 Å². The minimum absolute atomic E-state index is 0.00230. The van der Waals surface area contributed by atoms with Gasteiger partial charge in [0.25, 0.3) is 0 Å². The Labute approximate surface area is 93.8 Å². The average Bonchev–Trinajstić information content (AvgIpc) is 2.63. The van der Waals surface area contributed by atoms with E-state index >= 15 is 0 Å². The molecule has 0 aliphatic carbocycles. The highest BCUT2D eigenvalue weighted by molar-refractivity contribution is 5.97. The normalized spacial score (nSPS) is 15.1. The van der Waals surface area contributed by atoms with Crippen LogP contribution in [-0.4, -0.2) is 25.0 Å². The van der Waals surface area contributed by atoms with Crippen molar-refractivity contribution in [1.82, 2.24) is 0 Å². The fourth-order valence-electron chi connectivity index (χ4n) is 1.75. The van der Waals surface area contributed by atoms with E-state index in [9.17, 15) is 9.59 Å². The first-order valence-corrected chi connectivity index (χ1v) is 5.15. The van der Waals surface area contributed by atoms with Crippen LogP contribution in [0.2, 0.25) is 0 Å². The number of benzene rings is 1. The molecule has 1 aromatic carbocycles. The van der Waals surface area contributed by atoms with Crippen molar-refractivity contribution in [3.8, 4) is 0 Å². The zero-order valence-electron chi connectivity index (χ0n) is 9.32. The Bertz CT molecular complexity index is 454. The number of ketones is 1. The first kappa shape index (κ1) is 10.7. The molecule has 0 N–H and O–H groups in total. The van der Waals surface area contributed by atoms with Gasteiger partial charge in [-0.2, -0.15) is 0 Å². The molecule has 84 valence electrons. The van der Waals surface area contributed by atoms with E-state index in [4.69, 9.17) is 4.74 Å². The van der Waals surface area contributed by atoms with Gasteiger partial charge in [-0.05, 0) is 37.6 Å². The summed E-state index contributed by atoms with van der Waals surface area (Å²) >= 11 is 0. The first-order valence-electron chi connectivity index (χ1n) is 5.15. The lowest BCUT2D eigenvalue weighted by Gasteiger charge is -2.14. The van der Waals surface area contributed by atoms with Crippen LogP contribution in [-0.2, 0) is 4.74 Å². The molecule has 1 saturated heterocycles. The minimum Gasteiger partial charge on any atom is -0.447 e. The Hall–Kier alpha value is -1.84. The molecule has 2 rings (SSSR count). The van der Waals surface area contributed by atoms with Crippen molar-refractivity contribution in [3.63, 3.8) is 0 Å². The summed E-state index contributed by atoms with van der Waals surface area (Å²) in [4.78, 5) is 24.2. The largest absolute Gasteiger partial charge is 0.447 e. The highest BCUT2D eigenvalue weighted by Gasteiger charge is 2.24. The van der Waals surface area contributed by atoms with Crippen LogP contribution in [0.1, 0.15) is 22.8 Å². The van der Waals surface area contributed by atoms with E-state index in [0.717, 1.165) is 11.3 Å². The molecule has 4 nitrogen and oxygen atoms in total. The lowest BCUT2D eigenvalue weighted by Crippen LogP contribution is -2.23. The van der Waals surface area contributed by atoms with Crippen molar-refractivity contribution >= 4 is 17.6 Å². The van der Waals surface area contributed by atoms with E-state index in [2.05, 4.69) is 0 Å². The SMILES string of the molecule is CC(=O)c1cc(C)cc(N2CCOC2=O)c1. The summed E-state index contributed by atoms with van der Waals surface area (Å²) in [6.07, 6.45) is -0.347. The Morgan fingerprint density at radius 3 is 2.69 bits per heavy atom. The maximum absolute atomic E-state index is 11.4. The Kier molecular flexibility index (Phi) is 2.64. The van der Waals surface area contributed by atoms with Gasteiger partial charge >= 0.3 is 6.09 Å². The van der Waals surface area contributed by atoms with Crippen LogP contribution in [0.3, 0.4) is 0 Å². The smallest absolute Gasteiger partial charge is 0.414 e. The number of nitrogens with zero attached hydrogens (tertiary/aromatic N) is 1. The van der Waals surface area contributed by atoms with Gasteiger partial charge < -0.3 is 4.74 Å². The third-order valence-corrected chi connectivity index (χ3v) is 2.54. The van der Waals surface area contributed by atoms with E-state index in [1.807, 2.05) is 19.1 Å². The second-order valence-electron chi connectivity index (χ2n) is 3.88. The molecular formula is C12H13NO3. The summed E-state index contributed by atoms with van der Waals surface area (Å²) < 4.78 is 4.86. The fourth-order valence-corrected chi connectivity index (χ4v) is 1.75. The van der Waals surface area contributed by atoms with Crippen LogP contribution in [0.15, 0.2) is 18.2 Å². The fraction of sp³-hybridized carbons (Fsp3) is 0.333. The Balaban J connectivity index is 2.40. The van der Waals surface area contributed by atoms with Crippen LogP contribution in [0, 0.1) is 6.92 Å². The molecule has 0 bridgehead atoms. The zero-order chi connectivity index (χ0) is 11.7. The topological polar surface area (TPSA) is 46.6 Å². The molecule has 1 fully saturated rings. The van der Waals surface area contributed by atoms with Gasteiger partial charge in [-0.1, -0.05) is 0 Å². The number of rotatable bonds is 2. The number of carbonyl (C=O) groups excluding carboxylic acids is 2. The third-order valence-electron chi connectivity index (χ3n) is 2.54. The van der Waals surface area contributed by atoms with Crippen molar-refractivity contribution in [1.29, 1.82) is 0 Å². The number of amides is 1. The quantitative estimate of drug-likeness (QED) is 0.716. The number of cyclic esters (lactones) is 1. The van der Waals surface area contributed by atoms with Gasteiger partial charge in [-0.15, -0.1) is 0 Å². The number of Topliss-reactive ketones (excluding diaryl/α,β-unsaturated/α-hetero) is 1. The lowest BCUT2D eigenvalue weighted by atomic mass is 10.1. The van der Waals surface area contributed by atoms with Crippen molar-refractivity contribution in [2.45, 2.75) is 13.8 Å². The van der Waals surface area contributed by atoms with Crippen LogP contribution in [0.5, 0.6) is 0 Å². The molecule has 1 aromatic rings. The number of carbonyl (C=O) groups is 2. The summed E-state index contributed by atoms with van der Waals surface area (Å²) in [6, 6.07) is 5.41. The Morgan fingerprint density at radius 1 is 1.38 bits per heavy atom. The van der Waals surface area contributed by atoms with E-state index in [0.29, 0.717) is 18.7 Å². The van der Waals surface area contributed by atoms with Gasteiger partial charge in [0.05, 0.1) is 6.54 Å². The van der Waals surface area contributed by atoms with Gasteiger partial charge in [-0.25, -0.2) is 4.79 Å². The number of ether oxygens (including phenoxy) is 1. The molecule has 0 aromatic heterocycles. The second-order valence-corrected chi connectivity index (χ2v) is 3.88. The molecular weight excluding hydrogens is 206 g/mol. The van der Waals surface area contributed by atoms with E-state index in [1.54, 1.807) is 11.0 Å². The molecule has 4 heteroatoms. The van der Waals surface area contributed by atoms with Crippen molar-refractivity contribution in [3.05, 3.63) is 29.3 Å². The third kappa shape index (κ3) is 1.91. The van der Waals surface area contributed by atoms with E-state index < -0.39 is 0 Å². The lowest BCUT2D eigenvalue weighted by molar-refractivity contribution is 0.101. The monoisotopic (exact) mass is 219 g/mol. The molecule has 1 amide bonds. The van der Waals surface area contributed by atoms with Gasteiger partial charge in [0.15, 0.2) is 5.78 Å². The summed E-state index contributed by atoms with van der Waals surface area (Å²) in [5.41, 5.74) is 2.31. The predicted molar refractivity (Wildman–Crippen MR) is 59.9 cm³/mol. The van der Waals surface area contributed by atoms with Crippen LogP contribution in [0.4, 0.5) is 10.5 Å². The van der Waals surface area contributed by atoms with Crippen molar-refractivity contribution in [2.75, 3.05) is 18.1 Å². The molecule has 1 aliphatic rings. The molecule has 0 saturated carbocycles. The highest BCUT2D eigenvalue weighted by Crippen LogP contribution is 2.22. The molecule has 1 aliphatic heterocycles. The van der Waals surface area contributed by atoms with E-state index in [1.165, 1.54) is 6.92 Å². The van der Waals surface area contributed by atoms with Crippen LogP contribution in [0.25, 0.3) is 0 Å². The summed E-state index contributed by atoms with van der Waals surface area (Å²) in [7, 11) is 0. The number of anilines is 1. The standard InChI is InChI=1S/C12H13NO3/c1-8-5-10(9(2)14)7-11(6-8)13-3-4-16-12(13)15/h5-7H,3-4H2,1-2H3. The van der Waals surface area contributed by atoms with E-state index in [-0.39, 0.29) is 11.9 Å². The van der Waals surface area contributed by atoms with Crippen LogP contribution < -0.4 is 4.90 Å². The molecule has 0 atom stereocenters. The highest BCUT2D eigenvalue weighted by atomic mass is 16.6. The summed E-state index contributed by atoms with van der Waals surface area (Å²) in [5.74, 6) is -0.00230. The first-order chi connectivity index (χ1) is 7.58. The van der Waals surface area contributed by atoms with Crippen LogP contribution >= 0.6 is 0 Å². The molecule has 1 heterocycles. The molecule has 16 heavy (non-hydrogen) atoms. The van der Waals surface area contributed by atoms with Gasteiger partial charge in [0.2, 0.25) is 0 Å². The van der Waals surface area contributed by atoms with Gasteiger partial charge in [0, 0.05) is 11.3 Å². The van der Waals surface area contributed by atoms with Gasteiger partial charge in [0.1, 0.15) is 6.61 Å². The number of aryl methyl sites for hydroxylation is 1. The van der Waals surface area contributed by atoms with Crippen molar-refractivity contribution in [2.24, 2.45) is 0 Å². The minimum atomic E-state index is -0.347.